The van der Waals surface area contributed by atoms with Crippen LogP contribution in [0.3, 0.4) is 0 Å². The number of carboxylic acids is 1. The van der Waals surface area contributed by atoms with E-state index in [1.165, 1.54) is 12.1 Å². The first kappa shape index (κ1) is 11.2. The Morgan fingerprint density at radius 1 is 0.941 bits per heavy atom. The molecule has 0 bridgehead atoms. The van der Waals surface area contributed by atoms with Crippen LogP contribution < -0.4 is 4.74 Å². The number of aromatic carboxylic acids is 1. The van der Waals surface area contributed by atoms with Crippen LogP contribution in [-0.2, 0) is 0 Å². The zero-order chi connectivity index (χ0) is 12.3. The third kappa shape index (κ3) is 2.84. The van der Waals surface area contributed by atoms with Crippen LogP contribution in [0.1, 0.15) is 15.9 Å². The molecule has 3 heteroatoms. The van der Waals surface area contributed by atoms with Gasteiger partial charge in [-0.25, -0.2) is 4.79 Å². The van der Waals surface area contributed by atoms with Crippen molar-refractivity contribution < 1.29 is 14.6 Å². The van der Waals surface area contributed by atoms with Crippen molar-refractivity contribution in [1.29, 1.82) is 0 Å². The van der Waals surface area contributed by atoms with Crippen LogP contribution in [0, 0.1) is 6.92 Å². The van der Waals surface area contributed by atoms with E-state index in [0.29, 0.717) is 11.5 Å². The Bertz CT molecular complexity index is 512. The highest BCUT2D eigenvalue weighted by atomic mass is 16.5. The van der Waals surface area contributed by atoms with Gasteiger partial charge in [-0.1, -0.05) is 12.1 Å². The predicted octanol–water partition coefficient (Wildman–Crippen LogP) is 3.36. The van der Waals surface area contributed by atoms with Crippen LogP contribution >= 0.6 is 0 Å². The fourth-order valence-electron chi connectivity index (χ4n) is 1.36. The fraction of sp³-hybridized carbons (Fsp3) is 0. The Morgan fingerprint density at radius 2 is 1.41 bits per heavy atom. The molecule has 0 unspecified atom stereocenters. The molecule has 0 amide bonds. The van der Waals surface area contributed by atoms with E-state index in [1.807, 2.05) is 24.3 Å². The lowest BCUT2D eigenvalue weighted by Crippen LogP contribution is -1.95. The number of carbonyl (C=O) groups is 1. The first-order valence-corrected chi connectivity index (χ1v) is 5.08. The lowest BCUT2D eigenvalue weighted by Gasteiger charge is -2.05. The average molecular weight is 227 g/mol. The molecule has 0 saturated heterocycles. The molecule has 0 fully saturated rings. The van der Waals surface area contributed by atoms with Gasteiger partial charge in [-0.15, -0.1) is 0 Å². The topological polar surface area (TPSA) is 46.5 Å². The summed E-state index contributed by atoms with van der Waals surface area (Å²) in [5, 5.41) is 8.75. The molecular weight excluding hydrogens is 216 g/mol. The molecule has 0 aliphatic carbocycles. The first-order chi connectivity index (χ1) is 8.15. The summed E-state index contributed by atoms with van der Waals surface area (Å²) in [7, 11) is 0. The summed E-state index contributed by atoms with van der Waals surface area (Å²) in [5.41, 5.74) is 1.16. The van der Waals surface area contributed by atoms with E-state index < -0.39 is 5.97 Å². The fourth-order valence-corrected chi connectivity index (χ4v) is 1.36. The van der Waals surface area contributed by atoms with Gasteiger partial charge in [0.15, 0.2) is 0 Å². The van der Waals surface area contributed by atoms with E-state index >= 15 is 0 Å². The highest BCUT2D eigenvalue weighted by Gasteiger charge is 2.02. The monoisotopic (exact) mass is 227 g/mol. The summed E-state index contributed by atoms with van der Waals surface area (Å²) in [6.45, 7) is 3.78. The van der Waals surface area contributed by atoms with Crippen LogP contribution in [0.4, 0.5) is 0 Å². The van der Waals surface area contributed by atoms with Gasteiger partial charge in [-0.3, -0.25) is 0 Å². The van der Waals surface area contributed by atoms with Gasteiger partial charge in [-0.05, 0) is 48.9 Å². The Morgan fingerprint density at radius 3 is 1.88 bits per heavy atom. The molecule has 0 atom stereocenters. The average Bonchev–Trinajstić information content (AvgIpc) is 2.33. The van der Waals surface area contributed by atoms with Crippen molar-refractivity contribution in [2.24, 2.45) is 0 Å². The summed E-state index contributed by atoms with van der Waals surface area (Å²) in [5.74, 6) is 0.352. The van der Waals surface area contributed by atoms with Gasteiger partial charge in [-0.2, -0.15) is 0 Å². The van der Waals surface area contributed by atoms with Crippen molar-refractivity contribution >= 4 is 5.97 Å². The lowest BCUT2D eigenvalue weighted by molar-refractivity contribution is 0.0697. The molecule has 2 aromatic rings. The van der Waals surface area contributed by atoms with E-state index in [0.717, 1.165) is 5.56 Å². The summed E-state index contributed by atoms with van der Waals surface area (Å²) < 4.78 is 5.55. The molecule has 0 spiro atoms. The second-order valence-corrected chi connectivity index (χ2v) is 3.58. The predicted molar refractivity (Wildman–Crippen MR) is 64.4 cm³/mol. The van der Waals surface area contributed by atoms with Crippen LogP contribution in [-0.4, -0.2) is 11.1 Å². The molecule has 0 aromatic heterocycles. The Balaban J connectivity index is 2.13. The number of hydrogen-bond acceptors (Lipinski definition) is 2. The molecule has 1 N–H and O–H groups in total. The van der Waals surface area contributed by atoms with Gasteiger partial charge < -0.3 is 9.84 Å². The molecular formula is C14H11O3. The van der Waals surface area contributed by atoms with Crippen molar-refractivity contribution in [3.63, 3.8) is 0 Å². The molecule has 2 aromatic carbocycles. The highest BCUT2D eigenvalue weighted by Crippen LogP contribution is 2.21. The zero-order valence-electron chi connectivity index (χ0n) is 9.09. The second kappa shape index (κ2) is 4.70. The minimum atomic E-state index is -0.946. The lowest BCUT2D eigenvalue weighted by atomic mass is 10.2. The van der Waals surface area contributed by atoms with Gasteiger partial charge in [0.1, 0.15) is 11.5 Å². The summed E-state index contributed by atoms with van der Waals surface area (Å²) in [6, 6.07) is 13.6. The van der Waals surface area contributed by atoms with E-state index in [9.17, 15) is 4.79 Å². The van der Waals surface area contributed by atoms with Gasteiger partial charge in [0.05, 0.1) is 5.56 Å². The maximum Gasteiger partial charge on any atom is 0.335 e. The van der Waals surface area contributed by atoms with Crippen molar-refractivity contribution in [2.45, 2.75) is 0 Å². The largest absolute Gasteiger partial charge is 0.478 e. The molecule has 0 aliphatic heterocycles. The van der Waals surface area contributed by atoms with Gasteiger partial charge >= 0.3 is 5.97 Å². The number of hydrogen-bond donors (Lipinski definition) is 1. The number of benzene rings is 2. The van der Waals surface area contributed by atoms with E-state index in [1.54, 1.807) is 12.1 Å². The number of rotatable bonds is 3. The Labute approximate surface area is 99.3 Å². The minimum absolute atomic E-state index is 0.241. The smallest absolute Gasteiger partial charge is 0.335 e. The summed E-state index contributed by atoms with van der Waals surface area (Å²) in [4.78, 5) is 10.7. The van der Waals surface area contributed by atoms with Crippen molar-refractivity contribution in [2.75, 3.05) is 0 Å². The van der Waals surface area contributed by atoms with Crippen LogP contribution in [0.5, 0.6) is 11.5 Å². The first-order valence-electron chi connectivity index (χ1n) is 5.08. The molecule has 17 heavy (non-hydrogen) atoms. The van der Waals surface area contributed by atoms with E-state index in [2.05, 4.69) is 6.92 Å². The van der Waals surface area contributed by atoms with Crippen molar-refractivity contribution in [3.8, 4) is 11.5 Å². The SMILES string of the molecule is [CH2]c1ccc(Oc2ccc(C(=O)O)cc2)cc1. The van der Waals surface area contributed by atoms with Crippen LogP contribution in [0.2, 0.25) is 0 Å². The molecule has 0 saturated carbocycles. The van der Waals surface area contributed by atoms with Gasteiger partial charge in [0.25, 0.3) is 0 Å². The number of ether oxygens (including phenoxy) is 1. The maximum atomic E-state index is 10.7. The highest BCUT2D eigenvalue weighted by molar-refractivity contribution is 5.87. The van der Waals surface area contributed by atoms with Gasteiger partial charge in [0, 0.05) is 0 Å². The molecule has 3 nitrogen and oxygen atoms in total. The maximum absolute atomic E-state index is 10.7. The molecule has 1 radical (unpaired) electrons. The molecule has 0 aliphatic rings. The number of carboxylic acid groups (broad SMARTS) is 1. The molecule has 2 rings (SSSR count). The van der Waals surface area contributed by atoms with Crippen molar-refractivity contribution in [1.82, 2.24) is 0 Å². The molecule has 0 heterocycles. The van der Waals surface area contributed by atoms with E-state index in [-0.39, 0.29) is 5.56 Å². The summed E-state index contributed by atoms with van der Waals surface area (Å²) >= 11 is 0. The quantitative estimate of drug-likeness (QED) is 0.874. The zero-order valence-corrected chi connectivity index (χ0v) is 9.09. The third-order valence-corrected chi connectivity index (χ3v) is 2.26. The second-order valence-electron chi connectivity index (χ2n) is 3.58. The van der Waals surface area contributed by atoms with Crippen LogP contribution in [0.25, 0.3) is 0 Å². The summed E-state index contributed by atoms with van der Waals surface area (Å²) in [6.07, 6.45) is 0. The Kier molecular flexibility index (Phi) is 3.10. The van der Waals surface area contributed by atoms with Crippen LogP contribution in [0.15, 0.2) is 48.5 Å². The van der Waals surface area contributed by atoms with Crippen molar-refractivity contribution in [3.05, 3.63) is 66.6 Å². The third-order valence-electron chi connectivity index (χ3n) is 2.26. The minimum Gasteiger partial charge on any atom is -0.478 e. The van der Waals surface area contributed by atoms with E-state index in [4.69, 9.17) is 9.84 Å². The van der Waals surface area contributed by atoms with Gasteiger partial charge in [0.2, 0.25) is 0 Å². The standard InChI is InChI=1S/C14H11O3/c1-10-2-6-12(7-3-10)17-13-8-4-11(5-9-13)14(15)16/h2-9H,1H2,(H,15,16). The Hall–Kier alpha value is -2.29. The molecule has 85 valence electrons. The normalized spacial score (nSPS) is 9.94.